The molecule has 0 spiro atoms. The van der Waals surface area contributed by atoms with Crippen LogP contribution < -0.4 is 16.0 Å². The molecule has 1 aromatic carbocycles. The number of halogens is 1. The molecule has 152 valence electrons. The van der Waals surface area contributed by atoms with Gasteiger partial charge in [-0.3, -0.25) is 4.79 Å². The molecular formula is C22H26FN5O. The Balaban J connectivity index is 1.49. The van der Waals surface area contributed by atoms with Gasteiger partial charge in [0.2, 0.25) is 11.9 Å². The molecule has 1 fully saturated rings. The van der Waals surface area contributed by atoms with Gasteiger partial charge in [0.05, 0.1) is 11.8 Å². The number of hydrogen-bond acceptors (Lipinski definition) is 5. The molecule has 1 saturated carbocycles. The third kappa shape index (κ3) is 6.18. The van der Waals surface area contributed by atoms with E-state index < -0.39 is 0 Å². The second-order valence-electron chi connectivity index (χ2n) is 7.02. The molecule has 1 heterocycles. The minimum absolute atomic E-state index is 0.183. The maximum Gasteiger partial charge on any atom is 0.229 e. The van der Waals surface area contributed by atoms with Gasteiger partial charge >= 0.3 is 0 Å². The first-order chi connectivity index (χ1) is 14.2. The van der Waals surface area contributed by atoms with Gasteiger partial charge in [-0.25, -0.2) is 9.37 Å². The summed E-state index contributed by atoms with van der Waals surface area (Å²) in [4.78, 5) is 20.6. The third-order valence-corrected chi connectivity index (χ3v) is 4.83. The standard InChI is InChI=1S/C22H26FN5O/c1-24-20-17(10-3-2-6-13-25-21(29)16-8-4-5-9-16)15-26-22(28-20)27-19-12-7-11-18(23)14-19/h7,11-12,14-16H,2,4-6,8-9,13H2,1H3,(H,25,29)(H2,24,26,27,28). The lowest BCUT2D eigenvalue weighted by molar-refractivity contribution is -0.124. The molecule has 7 heteroatoms. The highest BCUT2D eigenvalue weighted by Crippen LogP contribution is 2.24. The number of carbonyl (C=O) groups excluding carboxylic acids is 1. The van der Waals surface area contributed by atoms with Crippen LogP contribution in [-0.2, 0) is 4.79 Å². The number of hydrogen-bond donors (Lipinski definition) is 3. The maximum absolute atomic E-state index is 13.3. The number of anilines is 3. The van der Waals surface area contributed by atoms with Crippen LogP contribution in [0, 0.1) is 23.6 Å². The number of unbranched alkanes of at least 4 members (excludes halogenated alkanes) is 1. The van der Waals surface area contributed by atoms with Crippen LogP contribution in [0.25, 0.3) is 0 Å². The van der Waals surface area contributed by atoms with E-state index in [0.29, 0.717) is 36.0 Å². The monoisotopic (exact) mass is 395 g/mol. The van der Waals surface area contributed by atoms with Crippen molar-refractivity contribution >= 4 is 23.4 Å². The summed E-state index contributed by atoms with van der Waals surface area (Å²) in [6.45, 7) is 0.649. The highest BCUT2D eigenvalue weighted by molar-refractivity contribution is 5.78. The second kappa shape index (κ2) is 10.4. The number of rotatable bonds is 7. The number of carbonyl (C=O) groups is 1. The van der Waals surface area contributed by atoms with Crippen LogP contribution in [0.3, 0.4) is 0 Å². The van der Waals surface area contributed by atoms with Crippen molar-refractivity contribution in [1.82, 2.24) is 15.3 Å². The van der Waals surface area contributed by atoms with Crippen LogP contribution in [0.15, 0.2) is 30.5 Å². The van der Waals surface area contributed by atoms with E-state index in [9.17, 15) is 9.18 Å². The Hall–Kier alpha value is -3.14. The second-order valence-corrected chi connectivity index (χ2v) is 7.02. The van der Waals surface area contributed by atoms with Crippen molar-refractivity contribution in [3.8, 4) is 11.8 Å². The Morgan fingerprint density at radius 3 is 2.90 bits per heavy atom. The van der Waals surface area contributed by atoms with Gasteiger partial charge in [-0.2, -0.15) is 4.98 Å². The molecule has 0 aliphatic heterocycles. The molecule has 3 N–H and O–H groups in total. The lowest BCUT2D eigenvalue weighted by Gasteiger charge is -2.09. The van der Waals surface area contributed by atoms with Gasteiger partial charge in [-0.1, -0.05) is 30.7 Å². The summed E-state index contributed by atoms with van der Waals surface area (Å²) in [6.07, 6.45) is 7.48. The van der Waals surface area contributed by atoms with Gasteiger partial charge in [0.1, 0.15) is 11.6 Å². The summed E-state index contributed by atoms with van der Waals surface area (Å²) >= 11 is 0. The molecule has 29 heavy (non-hydrogen) atoms. The lowest BCUT2D eigenvalue weighted by Crippen LogP contribution is -2.29. The zero-order valence-electron chi connectivity index (χ0n) is 16.6. The summed E-state index contributed by atoms with van der Waals surface area (Å²) in [6, 6.07) is 6.11. The van der Waals surface area contributed by atoms with E-state index in [-0.39, 0.29) is 17.6 Å². The van der Waals surface area contributed by atoms with Crippen molar-refractivity contribution in [2.45, 2.75) is 38.5 Å². The number of benzene rings is 1. The van der Waals surface area contributed by atoms with Crippen molar-refractivity contribution in [3.05, 3.63) is 41.8 Å². The van der Waals surface area contributed by atoms with E-state index in [1.807, 2.05) is 0 Å². The summed E-state index contributed by atoms with van der Waals surface area (Å²) in [5.41, 5.74) is 1.26. The molecule has 3 rings (SSSR count). The van der Waals surface area contributed by atoms with E-state index in [2.05, 4.69) is 37.8 Å². The van der Waals surface area contributed by atoms with E-state index in [1.54, 1.807) is 25.4 Å². The summed E-state index contributed by atoms with van der Waals surface area (Å²) < 4.78 is 13.3. The lowest BCUT2D eigenvalue weighted by atomic mass is 10.1. The van der Waals surface area contributed by atoms with Gasteiger partial charge in [-0.15, -0.1) is 0 Å². The van der Waals surface area contributed by atoms with Crippen LogP contribution in [0.5, 0.6) is 0 Å². The van der Waals surface area contributed by atoms with Crippen LogP contribution >= 0.6 is 0 Å². The van der Waals surface area contributed by atoms with E-state index in [0.717, 1.165) is 32.1 Å². The van der Waals surface area contributed by atoms with Crippen LogP contribution in [-0.4, -0.2) is 29.5 Å². The predicted octanol–water partition coefficient (Wildman–Crippen LogP) is 3.84. The molecule has 0 atom stereocenters. The van der Waals surface area contributed by atoms with E-state index in [1.165, 1.54) is 12.1 Å². The fraction of sp³-hybridized carbons (Fsp3) is 0.409. The molecule has 6 nitrogen and oxygen atoms in total. The summed E-state index contributed by atoms with van der Waals surface area (Å²) in [5.74, 6) is 7.19. The van der Waals surface area contributed by atoms with Crippen LogP contribution in [0.1, 0.15) is 44.1 Å². The number of aromatic nitrogens is 2. The SMILES string of the molecule is CNc1nc(Nc2cccc(F)c2)ncc1C#CCCCNC(=O)C1CCCC1. The van der Waals surface area contributed by atoms with Gasteiger partial charge in [0.25, 0.3) is 0 Å². The van der Waals surface area contributed by atoms with E-state index in [4.69, 9.17) is 0 Å². The Bertz CT molecular complexity index is 900. The summed E-state index contributed by atoms with van der Waals surface area (Å²) in [5, 5.41) is 8.98. The van der Waals surface area contributed by atoms with Crippen molar-refractivity contribution in [3.63, 3.8) is 0 Å². The van der Waals surface area contributed by atoms with Crippen molar-refractivity contribution in [2.75, 3.05) is 24.2 Å². The smallest absolute Gasteiger partial charge is 0.229 e. The number of nitrogens with one attached hydrogen (secondary N) is 3. The van der Waals surface area contributed by atoms with Crippen LogP contribution in [0.4, 0.5) is 21.8 Å². The molecule has 1 aliphatic carbocycles. The normalized spacial score (nSPS) is 13.4. The zero-order chi connectivity index (χ0) is 20.5. The molecule has 1 aromatic heterocycles. The Morgan fingerprint density at radius 2 is 2.14 bits per heavy atom. The van der Waals surface area contributed by atoms with Gasteiger partial charge in [-0.05, 0) is 37.5 Å². The Morgan fingerprint density at radius 1 is 1.31 bits per heavy atom. The Kier molecular flexibility index (Phi) is 7.40. The number of amides is 1. The molecule has 2 aromatic rings. The van der Waals surface area contributed by atoms with Gasteiger partial charge < -0.3 is 16.0 Å². The minimum atomic E-state index is -0.328. The summed E-state index contributed by atoms with van der Waals surface area (Å²) in [7, 11) is 1.76. The zero-order valence-corrected chi connectivity index (χ0v) is 16.6. The fourth-order valence-corrected chi connectivity index (χ4v) is 3.30. The Labute approximate surface area is 170 Å². The third-order valence-electron chi connectivity index (χ3n) is 4.83. The van der Waals surface area contributed by atoms with Gasteiger partial charge in [0, 0.05) is 31.6 Å². The molecule has 0 unspecified atom stereocenters. The molecular weight excluding hydrogens is 369 g/mol. The highest BCUT2D eigenvalue weighted by atomic mass is 19.1. The molecule has 0 saturated heterocycles. The first kappa shape index (κ1) is 20.6. The first-order valence-corrected chi connectivity index (χ1v) is 9.99. The minimum Gasteiger partial charge on any atom is -0.372 e. The average molecular weight is 395 g/mol. The maximum atomic E-state index is 13.3. The van der Waals surface area contributed by atoms with E-state index >= 15 is 0 Å². The number of nitrogens with zero attached hydrogens (tertiary/aromatic N) is 2. The molecule has 1 amide bonds. The van der Waals surface area contributed by atoms with Crippen molar-refractivity contribution in [2.24, 2.45) is 5.92 Å². The molecule has 0 radical (unpaired) electrons. The van der Waals surface area contributed by atoms with Crippen molar-refractivity contribution < 1.29 is 9.18 Å². The van der Waals surface area contributed by atoms with Crippen LogP contribution in [0.2, 0.25) is 0 Å². The molecule has 0 bridgehead atoms. The molecule has 1 aliphatic rings. The quantitative estimate of drug-likeness (QED) is 0.490. The predicted molar refractivity (Wildman–Crippen MR) is 112 cm³/mol. The highest BCUT2D eigenvalue weighted by Gasteiger charge is 2.21. The first-order valence-electron chi connectivity index (χ1n) is 9.99. The fourth-order valence-electron chi connectivity index (χ4n) is 3.30. The average Bonchev–Trinajstić information content (AvgIpc) is 3.26. The van der Waals surface area contributed by atoms with Crippen molar-refractivity contribution in [1.29, 1.82) is 0 Å². The van der Waals surface area contributed by atoms with Gasteiger partial charge in [0.15, 0.2) is 0 Å². The topological polar surface area (TPSA) is 78.9 Å². The largest absolute Gasteiger partial charge is 0.372 e.